The van der Waals surface area contributed by atoms with E-state index in [2.05, 4.69) is 5.32 Å². The number of carbonyl (C=O) groups is 1. The Bertz CT molecular complexity index is 668. The predicted octanol–water partition coefficient (Wildman–Crippen LogP) is 4.66. The Kier molecular flexibility index (Phi) is 4.20. The molecule has 0 unspecified atom stereocenters. The number of anilines is 1. The van der Waals surface area contributed by atoms with Crippen molar-refractivity contribution < 1.29 is 18.0 Å². The summed E-state index contributed by atoms with van der Waals surface area (Å²) in [6.45, 7) is 0. The Morgan fingerprint density at radius 2 is 1.60 bits per heavy atom. The number of hydrogen-bond donors (Lipinski definition) is 1. The maximum atomic E-state index is 13.4. The van der Waals surface area contributed by atoms with Crippen molar-refractivity contribution in [1.82, 2.24) is 0 Å². The molecule has 20 heavy (non-hydrogen) atoms. The monoisotopic (exact) mass is 319 g/mol. The third-order valence-corrected chi connectivity index (χ3v) is 2.99. The molecule has 0 saturated heterocycles. The molecule has 0 aromatic heterocycles. The number of rotatable bonds is 2. The molecule has 0 radical (unpaired) electrons. The van der Waals surface area contributed by atoms with Gasteiger partial charge in [0.25, 0.3) is 5.91 Å². The second kappa shape index (κ2) is 5.73. The van der Waals surface area contributed by atoms with Crippen LogP contribution in [0.15, 0.2) is 30.3 Å². The molecule has 0 aliphatic heterocycles. The number of amides is 1. The highest BCUT2D eigenvalue weighted by Gasteiger charge is 2.16. The molecule has 0 fully saturated rings. The van der Waals surface area contributed by atoms with Crippen LogP contribution in [0.1, 0.15) is 10.4 Å². The first-order valence-corrected chi connectivity index (χ1v) is 6.05. The van der Waals surface area contributed by atoms with E-state index in [0.29, 0.717) is 0 Å². The quantitative estimate of drug-likeness (QED) is 0.801. The smallest absolute Gasteiger partial charge is 0.258 e. The zero-order chi connectivity index (χ0) is 14.9. The lowest BCUT2D eigenvalue weighted by Crippen LogP contribution is -2.14. The SMILES string of the molecule is O=C(Nc1cc(Cl)c(F)c(Cl)c1)c1cccc(F)c1F. The first kappa shape index (κ1) is 14.7. The summed E-state index contributed by atoms with van der Waals surface area (Å²) in [6, 6.07) is 5.41. The van der Waals surface area contributed by atoms with Crippen LogP contribution in [0, 0.1) is 17.5 Å². The fourth-order valence-electron chi connectivity index (χ4n) is 1.51. The normalized spacial score (nSPS) is 10.4. The largest absolute Gasteiger partial charge is 0.322 e. The summed E-state index contributed by atoms with van der Waals surface area (Å²) in [7, 11) is 0. The Morgan fingerprint density at radius 3 is 2.20 bits per heavy atom. The number of hydrogen-bond acceptors (Lipinski definition) is 1. The molecule has 7 heteroatoms. The molecule has 1 N–H and O–H groups in total. The van der Waals surface area contributed by atoms with Crippen LogP contribution in [0.4, 0.5) is 18.9 Å². The van der Waals surface area contributed by atoms with Crippen molar-refractivity contribution in [3.8, 4) is 0 Å². The number of carbonyl (C=O) groups excluding carboxylic acids is 1. The zero-order valence-electron chi connectivity index (χ0n) is 9.68. The van der Waals surface area contributed by atoms with E-state index in [0.717, 1.165) is 24.3 Å². The van der Waals surface area contributed by atoms with Gasteiger partial charge in [0.1, 0.15) is 0 Å². The van der Waals surface area contributed by atoms with Crippen molar-refractivity contribution in [3.05, 3.63) is 63.4 Å². The lowest BCUT2D eigenvalue weighted by atomic mass is 10.2. The fraction of sp³-hybridized carbons (Fsp3) is 0. The highest BCUT2D eigenvalue weighted by molar-refractivity contribution is 6.35. The molecule has 2 aromatic rings. The van der Waals surface area contributed by atoms with E-state index in [1.165, 1.54) is 6.07 Å². The maximum Gasteiger partial charge on any atom is 0.258 e. The Morgan fingerprint density at radius 1 is 1.00 bits per heavy atom. The third kappa shape index (κ3) is 2.89. The molecule has 2 aromatic carbocycles. The van der Waals surface area contributed by atoms with Gasteiger partial charge in [-0.05, 0) is 24.3 Å². The lowest BCUT2D eigenvalue weighted by Gasteiger charge is -2.08. The average Bonchev–Trinajstić information content (AvgIpc) is 2.39. The van der Waals surface area contributed by atoms with Crippen molar-refractivity contribution in [1.29, 1.82) is 0 Å². The second-order valence-electron chi connectivity index (χ2n) is 3.81. The number of halogens is 5. The van der Waals surface area contributed by atoms with Crippen LogP contribution in [0.2, 0.25) is 10.0 Å². The molecular formula is C13H6Cl2F3NO. The van der Waals surface area contributed by atoms with E-state index < -0.39 is 28.9 Å². The van der Waals surface area contributed by atoms with Gasteiger partial charge < -0.3 is 5.32 Å². The van der Waals surface area contributed by atoms with Crippen LogP contribution in [-0.2, 0) is 0 Å². The van der Waals surface area contributed by atoms with Crippen LogP contribution < -0.4 is 5.32 Å². The lowest BCUT2D eigenvalue weighted by molar-refractivity contribution is 0.102. The van der Waals surface area contributed by atoms with Crippen molar-refractivity contribution in [2.45, 2.75) is 0 Å². The van der Waals surface area contributed by atoms with Crippen LogP contribution in [0.3, 0.4) is 0 Å². The molecule has 1 amide bonds. The van der Waals surface area contributed by atoms with Gasteiger partial charge in [-0.15, -0.1) is 0 Å². The summed E-state index contributed by atoms with van der Waals surface area (Å²) < 4.78 is 39.6. The summed E-state index contributed by atoms with van der Waals surface area (Å²) in [5.41, 5.74) is -0.420. The third-order valence-electron chi connectivity index (χ3n) is 2.44. The summed E-state index contributed by atoms with van der Waals surface area (Å²) in [4.78, 5) is 11.8. The summed E-state index contributed by atoms with van der Waals surface area (Å²) in [5, 5.41) is 1.66. The summed E-state index contributed by atoms with van der Waals surface area (Å²) >= 11 is 11.1. The van der Waals surface area contributed by atoms with Crippen LogP contribution in [0.25, 0.3) is 0 Å². The first-order chi connectivity index (χ1) is 9.40. The van der Waals surface area contributed by atoms with Gasteiger partial charge in [0, 0.05) is 5.69 Å². The number of nitrogens with one attached hydrogen (secondary N) is 1. The van der Waals surface area contributed by atoms with E-state index in [-0.39, 0.29) is 15.7 Å². The Balaban J connectivity index is 2.30. The van der Waals surface area contributed by atoms with Crippen molar-refractivity contribution in [3.63, 3.8) is 0 Å². The topological polar surface area (TPSA) is 29.1 Å². The molecule has 104 valence electrons. The molecule has 0 saturated carbocycles. The number of benzene rings is 2. The maximum absolute atomic E-state index is 13.4. The molecular weight excluding hydrogens is 314 g/mol. The summed E-state index contributed by atoms with van der Waals surface area (Å²) in [5.74, 6) is -4.15. The Hall–Kier alpha value is -1.72. The van der Waals surface area contributed by atoms with Crippen molar-refractivity contribution in [2.75, 3.05) is 5.32 Å². The van der Waals surface area contributed by atoms with Crippen LogP contribution in [0.5, 0.6) is 0 Å². The fourth-order valence-corrected chi connectivity index (χ4v) is 1.99. The van der Waals surface area contributed by atoms with Gasteiger partial charge in [-0.3, -0.25) is 4.79 Å². The molecule has 2 rings (SSSR count). The van der Waals surface area contributed by atoms with Gasteiger partial charge in [0.2, 0.25) is 0 Å². The standard InChI is InChI=1S/C13H6Cl2F3NO/c14-8-4-6(5-9(15)12(8)18)19-13(20)7-2-1-3-10(16)11(7)17/h1-5H,(H,19,20). The zero-order valence-corrected chi connectivity index (χ0v) is 11.2. The second-order valence-corrected chi connectivity index (χ2v) is 4.62. The van der Waals surface area contributed by atoms with Gasteiger partial charge in [-0.2, -0.15) is 0 Å². The summed E-state index contributed by atoms with van der Waals surface area (Å²) in [6.07, 6.45) is 0. The Labute approximate surface area is 122 Å². The van der Waals surface area contributed by atoms with Crippen molar-refractivity contribution in [2.24, 2.45) is 0 Å². The average molecular weight is 320 g/mol. The molecule has 0 aliphatic carbocycles. The molecule has 2 nitrogen and oxygen atoms in total. The minimum atomic E-state index is -1.27. The molecule has 0 heterocycles. The van der Waals surface area contributed by atoms with E-state index in [1.807, 2.05) is 0 Å². The van der Waals surface area contributed by atoms with E-state index in [9.17, 15) is 18.0 Å². The van der Waals surface area contributed by atoms with Crippen LogP contribution >= 0.6 is 23.2 Å². The predicted molar refractivity (Wildman–Crippen MR) is 70.7 cm³/mol. The van der Waals surface area contributed by atoms with E-state index in [4.69, 9.17) is 23.2 Å². The molecule has 0 spiro atoms. The van der Waals surface area contributed by atoms with Gasteiger partial charge in [-0.25, -0.2) is 13.2 Å². The molecule has 0 atom stereocenters. The van der Waals surface area contributed by atoms with Gasteiger partial charge >= 0.3 is 0 Å². The van der Waals surface area contributed by atoms with E-state index in [1.54, 1.807) is 0 Å². The highest BCUT2D eigenvalue weighted by Crippen LogP contribution is 2.27. The first-order valence-electron chi connectivity index (χ1n) is 5.30. The minimum absolute atomic E-state index is 0.0649. The highest BCUT2D eigenvalue weighted by atomic mass is 35.5. The van der Waals surface area contributed by atoms with Gasteiger partial charge in [0.15, 0.2) is 17.5 Å². The van der Waals surface area contributed by atoms with Gasteiger partial charge in [0.05, 0.1) is 15.6 Å². The molecule has 0 bridgehead atoms. The minimum Gasteiger partial charge on any atom is -0.322 e. The van der Waals surface area contributed by atoms with E-state index >= 15 is 0 Å². The van der Waals surface area contributed by atoms with Gasteiger partial charge in [-0.1, -0.05) is 29.3 Å². The van der Waals surface area contributed by atoms with Crippen LogP contribution in [-0.4, -0.2) is 5.91 Å². The van der Waals surface area contributed by atoms with Crippen molar-refractivity contribution >= 4 is 34.8 Å². The molecule has 0 aliphatic rings.